The van der Waals surface area contributed by atoms with E-state index in [4.69, 9.17) is 0 Å². The zero-order valence-corrected chi connectivity index (χ0v) is 17.6. The van der Waals surface area contributed by atoms with Crippen molar-refractivity contribution in [1.29, 1.82) is 0 Å². The number of fused-ring (bicyclic) bond motifs is 1. The average molecular weight is 452 g/mol. The molecule has 22 heavy (non-hydrogen) atoms. The van der Waals surface area contributed by atoms with Crippen molar-refractivity contribution in [3.8, 4) is 0 Å². The van der Waals surface area contributed by atoms with E-state index in [-0.39, 0.29) is 42.2 Å². The Morgan fingerprint density at radius 1 is 1.14 bits per heavy atom. The molecular weight excluding hydrogens is 437 g/mol. The van der Waals surface area contributed by atoms with Crippen molar-refractivity contribution in [2.45, 2.75) is 19.5 Å². The van der Waals surface area contributed by atoms with Gasteiger partial charge in [0.25, 0.3) is 0 Å². The Morgan fingerprint density at radius 3 is 2.45 bits per heavy atom. The van der Waals surface area contributed by atoms with Crippen molar-refractivity contribution in [1.82, 2.24) is 4.98 Å². The summed E-state index contributed by atoms with van der Waals surface area (Å²) in [5, 5.41) is 2.55. The molecule has 3 rings (SSSR count). The van der Waals surface area contributed by atoms with Gasteiger partial charge in [0, 0.05) is 11.7 Å². The molecule has 0 N–H and O–H groups in total. The van der Waals surface area contributed by atoms with E-state index < -0.39 is 6.69 Å². The fraction of sp³-hybridized carbons (Fsp3) is 0.188. The van der Waals surface area contributed by atoms with Gasteiger partial charge in [0.15, 0.2) is 0 Å². The monoisotopic (exact) mass is 450 g/mol. The Hall–Kier alpha value is -0.0806. The Bertz CT molecular complexity index is 705. The SMILES string of the molecule is C[Si](C)(Br)C1=CCC(c2cccc3cccnc23)=[C-]1.[Cl-].[Cl-].[Cr+3]. The molecule has 1 aromatic heterocycles. The molecule has 0 bridgehead atoms. The van der Waals surface area contributed by atoms with Gasteiger partial charge in [-0.2, -0.15) is 22.9 Å². The molecule has 115 valence electrons. The Morgan fingerprint density at radius 2 is 1.82 bits per heavy atom. The number of nitrogens with zero attached hydrogens (tertiary/aromatic N) is 1. The van der Waals surface area contributed by atoms with E-state index >= 15 is 0 Å². The molecule has 1 nitrogen and oxygen atoms in total. The third-order valence-electron chi connectivity index (χ3n) is 3.39. The molecule has 1 radical (unpaired) electrons. The molecule has 0 spiro atoms. The predicted octanol–water partition coefficient (Wildman–Crippen LogP) is -1.10. The molecule has 1 aliphatic rings. The molecule has 0 amide bonds. The number of hydrogen-bond acceptors (Lipinski definition) is 1. The molecule has 0 unspecified atom stereocenters. The second-order valence-electron chi connectivity index (χ2n) is 5.28. The van der Waals surface area contributed by atoms with Crippen molar-refractivity contribution >= 4 is 38.5 Å². The number of para-hydroxylation sites is 1. The summed E-state index contributed by atoms with van der Waals surface area (Å²) in [5.41, 5.74) is 3.56. The standard InChI is InChI=1S/C16H15BrNSi.2ClH.Cr/c1-19(2,17)14-9-8-13(11-14)15-7-3-5-12-6-4-10-18-16(12)15;;;/h3-7,9-10H,8H2,1-2H3;2*1H;/q-1;;;+3/p-2. The van der Waals surface area contributed by atoms with Crippen LogP contribution in [0, 0.1) is 6.08 Å². The molecule has 1 aromatic carbocycles. The number of halogens is 3. The van der Waals surface area contributed by atoms with Crippen LogP contribution in [0.1, 0.15) is 12.0 Å². The maximum atomic E-state index is 4.53. The molecule has 0 saturated heterocycles. The summed E-state index contributed by atoms with van der Waals surface area (Å²) in [6, 6.07) is 10.5. The van der Waals surface area contributed by atoms with Crippen molar-refractivity contribution in [3.63, 3.8) is 0 Å². The van der Waals surface area contributed by atoms with Gasteiger partial charge in [0.05, 0.1) is 0 Å². The third-order valence-corrected chi connectivity index (χ3v) is 6.29. The van der Waals surface area contributed by atoms with Crippen LogP contribution >= 0.6 is 15.3 Å². The molecule has 0 saturated carbocycles. The first-order valence-corrected chi connectivity index (χ1v) is 11.7. The van der Waals surface area contributed by atoms with E-state index in [1.165, 1.54) is 21.7 Å². The van der Waals surface area contributed by atoms with E-state index in [0.717, 1.165) is 11.9 Å². The van der Waals surface area contributed by atoms with Crippen LogP contribution in [0.4, 0.5) is 0 Å². The van der Waals surface area contributed by atoms with Crippen molar-refractivity contribution in [3.05, 3.63) is 59.4 Å². The molecule has 0 aliphatic heterocycles. The number of allylic oxidation sites excluding steroid dienone is 4. The van der Waals surface area contributed by atoms with Gasteiger partial charge in [-0.3, -0.25) is 4.98 Å². The summed E-state index contributed by atoms with van der Waals surface area (Å²) in [4.78, 5) is 4.53. The quantitative estimate of drug-likeness (QED) is 0.321. The number of hydrogen-bond donors (Lipinski definition) is 0. The van der Waals surface area contributed by atoms with Crippen LogP contribution in [0.5, 0.6) is 0 Å². The third kappa shape index (κ3) is 4.47. The van der Waals surface area contributed by atoms with Crippen LogP contribution in [-0.2, 0) is 17.4 Å². The maximum absolute atomic E-state index is 4.53. The molecule has 0 fully saturated rings. The number of pyridine rings is 1. The van der Waals surface area contributed by atoms with E-state index in [2.05, 4.69) is 69.8 Å². The zero-order chi connectivity index (χ0) is 13.5. The van der Waals surface area contributed by atoms with Gasteiger partial charge in [0.2, 0.25) is 0 Å². The van der Waals surface area contributed by atoms with Crippen LogP contribution in [0.25, 0.3) is 16.5 Å². The van der Waals surface area contributed by atoms with Crippen molar-refractivity contribution in [2.75, 3.05) is 0 Å². The van der Waals surface area contributed by atoms with Crippen LogP contribution < -0.4 is 24.8 Å². The van der Waals surface area contributed by atoms with E-state index in [1.807, 2.05) is 12.3 Å². The van der Waals surface area contributed by atoms with E-state index in [1.54, 1.807) is 0 Å². The average Bonchev–Trinajstić information content (AvgIpc) is 2.87. The van der Waals surface area contributed by atoms with Gasteiger partial charge in [-0.05, 0) is 11.5 Å². The minimum absolute atomic E-state index is 0. The van der Waals surface area contributed by atoms with Gasteiger partial charge < -0.3 is 24.8 Å². The summed E-state index contributed by atoms with van der Waals surface area (Å²) < 4.78 is 0. The molecular formula is C16H15BrCl2CrNSi. The van der Waals surface area contributed by atoms with Gasteiger partial charge >= 0.3 is 17.4 Å². The van der Waals surface area contributed by atoms with Crippen LogP contribution in [0.3, 0.4) is 0 Å². The first kappa shape index (κ1) is 21.9. The molecule has 2 aromatic rings. The summed E-state index contributed by atoms with van der Waals surface area (Å²) in [6.45, 7) is 3.13. The first-order chi connectivity index (χ1) is 9.05. The van der Waals surface area contributed by atoms with Gasteiger partial charge in [-0.15, -0.1) is 21.4 Å². The molecule has 6 heteroatoms. The van der Waals surface area contributed by atoms with Gasteiger partial charge in [-0.1, -0.05) is 43.3 Å². The summed E-state index contributed by atoms with van der Waals surface area (Å²) in [6.07, 6.45) is 8.72. The summed E-state index contributed by atoms with van der Waals surface area (Å²) >= 11 is 3.83. The van der Waals surface area contributed by atoms with Gasteiger partial charge in [-0.25, -0.2) is 0 Å². The zero-order valence-electron chi connectivity index (χ0n) is 12.2. The fourth-order valence-electron chi connectivity index (χ4n) is 2.39. The topological polar surface area (TPSA) is 12.9 Å². The fourth-order valence-corrected chi connectivity index (χ4v) is 4.20. The van der Waals surface area contributed by atoms with Gasteiger partial charge in [0.1, 0.15) is 6.69 Å². The largest absolute Gasteiger partial charge is 3.00 e. The normalized spacial score (nSPS) is 13.4. The number of benzene rings is 1. The minimum atomic E-state index is -1.45. The van der Waals surface area contributed by atoms with Crippen LogP contribution in [0.15, 0.2) is 47.8 Å². The number of rotatable bonds is 2. The second kappa shape index (κ2) is 8.68. The second-order valence-corrected chi connectivity index (χ2v) is 14.7. The van der Waals surface area contributed by atoms with Crippen molar-refractivity contribution in [2.24, 2.45) is 0 Å². The first-order valence-electron chi connectivity index (χ1n) is 6.42. The predicted molar refractivity (Wildman–Crippen MR) is 87.5 cm³/mol. The Kier molecular flexibility index (Phi) is 8.65. The maximum Gasteiger partial charge on any atom is 3.00 e. The smallest absolute Gasteiger partial charge is 1.00 e. The van der Waals surface area contributed by atoms with Crippen molar-refractivity contribution < 1.29 is 42.2 Å². The van der Waals surface area contributed by atoms with E-state index in [9.17, 15) is 0 Å². The summed E-state index contributed by atoms with van der Waals surface area (Å²) in [5.74, 6) is 0. The molecule has 1 heterocycles. The number of aromatic nitrogens is 1. The van der Waals surface area contributed by atoms with Crippen LogP contribution in [0.2, 0.25) is 13.1 Å². The molecule has 0 atom stereocenters. The molecule has 1 aliphatic carbocycles. The Labute approximate surface area is 163 Å². The minimum Gasteiger partial charge on any atom is -1.00 e. The Balaban J connectivity index is 0.00000147. The van der Waals surface area contributed by atoms with Crippen LogP contribution in [-0.4, -0.2) is 11.7 Å². The summed E-state index contributed by atoms with van der Waals surface area (Å²) in [7, 11) is 0. The van der Waals surface area contributed by atoms with E-state index in [0.29, 0.717) is 0 Å².